The number of nitrogens with one attached hydrogen (secondary N) is 1. The second-order valence-electron chi connectivity index (χ2n) is 2.41. The number of nitrogens with two attached hydrogens (primary N) is 1. The van der Waals surface area contributed by atoms with Gasteiger partial charge in [-0.15, -0.1) is 0 Å². The van der Waals surface area contributed by atoms with Gasteiger partial charge in [-0.2, -0.15) is 0 Å². The van der Waals surface area contributed by atoms with E-state index in [0.29, 0.717) is 19.7 Å². The summed E-state index contributed by atoms with van der Waals surface area (Å²) in [7, 11) is 3.52. The van der Waals surface area contributed by atoms with E-state index in [-0.39, 0.29) is 5.97 Å². The second kappa shape index (κ2) is 11.2. The fourth-order valence-electron chi connectivity index (χ4n) is 0.682. The molecule has 0 rings (SSSR count). The third-order valence-corrected chi connectivity index (χ3v) is 3.66. The van der Waals surface area contributed by atoms with Crippen LogP contribution in [0.3, 0.4) is 0 Å². The molecular weight excluding hydrogens is 220 g/mol. The Morgan fingerprint density at radius 1 is 1.43 bits per heavy atom. The molecule has 0 aromatic carbocycles. The molecule has 3 N–H and O–H groups in total. The van der Waals surface area contributed by atoms with E-state index < -0.39 is 0 Å². The van der Waals surface area contributed by atoms with Crippen molar-refractivity contribution in [3.63, 3.8) is 0 Å². The normalized spacial score (nSPS) is 10.1. The molecule has 0 fully saturated rings. The van der Waals surface area contributed by atoms with Crippen LogP contribution in [0.2, 0.25) is 0 Å². The molecule has 6 heteroatoms. The van der Waals surface area contributed by atoms with E-state index >= 15 is 0 Å². The van der Waals surface area contributed by atoms with Crippen LogP contribution < -0.4 is 11.1 Å². The van der Waals surface area contributed by atoms with Crippen LogP contribution in [0.1, 0.15) is 6.92 Å². The van der Waals surface area contributed by atoms with Crippen molar-refractivity contribution in [2.45, 2.75) is 6.92 Å². The first-order valence-electron chi connectivity index (χ1n) is 4.62. The van der Waals surface area contributed by atoms with Crippen LogP contribution in [0.4, 0.5) is 0 Å². The van der Waals surface area contributed by atoms with Gasteiger partial charge in [0, 0.05) is 24.6 Å². The van der Waals surface area contributed by atoms with E-state index in [0.717, 1.165) is 18.1 Å². The van der Waals surface area contributed by atoms with Gasteiger partial charge in [0.1, 0.15) is 0 Å². The predicted octanol–water partition coefficient (Wildman–Crippen LogP) is 0.479. The van der Waals surface area contributed by atoms with Crippen molar-refractivity contribution in [2.75, 3.05) is 37.7 Å². The van der Waals surface area contributed by atoms with Gasteiger partial charge in [0.05, 0.1) is 13.2 Å². The Labute approximate surface area is 93.1 Å². The Morgan fingerprint density at radius 2 is 2.14 bits per heavy atom. The van der Waals surface area contributed by atoms with Gasteiger partial charge in [0.2, 0.25) is 0 Å². The summed E-state index contributed by atoms with van der Waals surface area (Å²) in [6.45, 7) is 4.09. The summed E-state index contributed by atoms with van der Waals surface area (Å²) in [5.74, 6) is 1.76. The van der Waals surface area contributed by atoms with E-state index in [1.165, 1.54) is 0 Å². The molecule has 0 aromatic rings. The van der Waals surface area contributed by atoms with Crippen molar-refractivity contribution >= 4 is 27.6 Å². The molecule has 4 nitrogen and oxygen atoms in total. The summed E-state index contributed by atoms with van der Waals surface area (Å²) >= 11 is 0. The number of hydrogen-bond acceptors (Lipinski definition) is 6. The summed E-state index contributed by atoms with van der Waals surface area (Å²) in [4.78, 5) is 10.9. The monoisotopic (exact) mass is 238 g/mol. The maximum absolute atomic E-state index is 10.9. The van der Waals surface area contributed by atoms with E-state index in [9.17, 15) is 4.79 Å². The van der Waals surface area contributed by atoms with E-state index in [2.05, 4.69) is 5.32 Å². The molecule has 0 spiro atoms. The Morgan fingerprint density at radius 3 is 2.79 bits per heavy atom. The van der Waals surface area contributed by atoms with Crippen molar-refractivity contribution in [3.8, 4) is 0 Å². The molecular formula is C8H18N2O2S2. The molecule has 14 heavy (non-hydrogen) atoms. The van der Waals surface area contributed by atoms with Crippen LogP contribution >= 0.6 is 21.6 Å². The predicted molar refractivity (Wildman–Crippen MR) is 63.5 cm³/mol. The van der Waals surface area contributed by atoms with Crippen molar-refractivity contribution in [3.05, 3.63) is 0 Å². The van der Waals surface area contributed by atoms with Gasteiger partial charge >= 0.3 is 5.97 Å². The van der Waals surface area contributed by atoms with Gasteiger partial charge in [-0.3, -0.25) is 4.79 Å². The summed E-state index contributed by atoms with van der Waals surface area (Å²) in [5, 5.41) is 3.01. The molecule has 0 aliphatic heterocycles. The highest BCUT2D eigenvalue weighted by molar-refractivity contribution is 8.76. The Kier molecular flexibility index (Phi) is 11.2. The van der Waals surface area contributed by atoms with Gasteiger partial charge < -0.3 is 15.8 Å². The van der Waals surface area contributed by atoms with E-state index in [4.69, 9.17) is 10.5 Å². The van der Waals surface area contributed by atoms with Crippen molar-refractivity contribution < 1.29 is 9.53 Å². The van der Waals surface area contributed by atoms with E-state index in [1.54, 1.807) is 28.5 Å². The van der Waals surface area contributed by atoms with E-state index in [1.807, 2.05) is 0 Å². The minimum Gasteiger partial charge on any atom is -0.465 e. The van der Waals surface area contributed by atoms with Gasteiger partial charge in [-0.1, -0.05) is 21.6 Å². The first-order chi connectivity index (χ1) is 6.81. The lowest BCUT2D eigenvalue weighted by molar-refractivity contribution is -0.141. The Hall–Kier alpha value is 0.0900. The average Bonchev–Trinajstić information content (AvgIpc) is 2.17. The zero-order valence-corrected chi connectivity index (χ0v) is 10.1. The third-order valence-electron chi connectivity index (χ3n) is 1.22. The van der Waals surface area contributed by atoms with Crippen LogP contribution in [0, 0.1) is 0 Å². The summed E-state index contributed by atoms with van der Waals surface area (Å²) in [6.07, 6.45) is 0. The molecule has 0 bridgehead atoms. The average molecular weight is 238 g/mol. The summed E-state index contributed by atoms with van der Waals surface area (Å²) in [5.41, 5.74) is 5.33. The Balaban J connectivity index is 3.01. The quantitative estimate of drug-likeness (QED) is 0.346. The second-order valence-corrected chi connectivity index (χ2v) is 5.12. The smallest absolute Gasteiger partial charge is 0.319 e. The van der Waals surface area contributed by atoms with Gasteiger partial charge in [-0.05, 0) is 6.92 Å². The number of carbonyl (C=O) groups excluding carboxylic acids is 1. The highest BCUT2D eigenvalue weighted by atomic mass is 33.1. The minimum atomic E-state index is -0.188. The molecule has 0 amide bonds. The number of carbonyl (C=O) groups is 1. The minimum absolute atomic E-state index is 0.188. The lowest BCUT2D eigenvalue weighted by Crippen LogP contribution is -2.26. The molecule has 0 aliphatic carbocycles. The topological polar surface area (TPSA) is 64.3 Å². The van der Waals surface area contributed by atoms with Gasteiger partial charge in [0.15, 0.2) is 0 Å². The van der Waals surface area contributed by atoms with Crippen LogP contribution in [0.15, 0.2) is 0 Å². The first-order valence-corrected chi connectivity index (χ1v) is 7.10. The summed E-state index contributed by atoms with van der Waals surface area (Å²) in [6, 6.07) is 0. The van der Waals surface area contributed by atoms with Crippen LogP contribution in [-0.2, 0) is 9.53 Å². The SMILES string of the molecule is CCOC(=O)CNCCSSCCN. The van der Waals surface area contributed by atoms with Gasteiger partial charge in [0.25, 0.3) is 0 Å². The molecule has 0 saturated heterocycles. The molecule has 0 atom stereocenters. The molecule has 0 heterocycles. The maximum atomic E-state index is 10.9. The van der Waals surface area contributed by atoms with Crippen molar-refractivity contribution in [1.82, 2.24) is 5.32 Å². The lowest BCUT2D eigenvalue weighted by Gasteiger charge is -2.03. The largest absolute Gasteiger partial charge is 0.465 e. The van der Waals surface area contributed by atoms with Crippen LogP contribution in [-0.4, -0.2) is 43.7 Å². The molecule has 0 saturated carbocycles. The standard InChI is InChI=1S/C8H18N2O2S2/c1-2-12-8(11)7-10-4-6-14-13-5-3-9/h10H,2-7,9H2,1H3. The maximum Gasteiger partial charge on any atom is 0.319 e. The number of esters is 1. The molecule has 0 unspecified atom stereocenters. The molecule has 0 aliphatic rings. The Bertz CT molecular complexity index is 147. The van der Waals surface area contributed by atoms with Crippen molar-refractivity contribution in [1.29, 1.82) is 0 Å². The first kappa shape index (κ1) is 14.1. The highest BCUT2D eigenvalue weighted by Crippen LogP contribution is 2.18. The fourth-order valence-corrected chi connectivity index (χ4v) is 2.49. The fraction of sp³-hybridized carbons (Fsp3) is 0.875. The van der Waals surface area contributed by atoms with Crippen LogP contribution in [0.25, 0.3) is 0 Å². The highest BCUT2D eigenvalue weighted by Gasteiger charge is 1.99. The molecule has 0 radical (unpaired) electrons. The zero-order valence-electron chi connectivity index (χ0n) is 8.45. The van der Waals surface area contributed by atoms with Crippen LogP contribution in [0.5, 0.6) is 0 Å². The van der Waals surface area contributed by atoms with Gasteiger partial charge in [-0.25, -0.2) is 0 Å². The molecule has 0 aromatic heterocycles. The third kappa shape index (κ3) is 10.2. The molecule has 84 valence electrons. The van der Waals surface area contributed by atoms with Crippen molar-refractivity contribution in [2.24, 2.45) is 5.73 Å². The summed E-state index contributed by atoms with van der Waals surface area (Å²) < 4.78 is 4.76. The zero-order chi connectivity index (χ0) is 10.6. The lowest BCUT2D eigenvalue weighted by atomic mass is 10.6. The number of hydrogen-bond donors (Lipinski definition) is 2. The number of ether oxygens (including phenoxy) is 1. The number of rotatable bonds is 9.